The molecule has 0 aromatic heterocycles. The van der Waals surface area contributed by atoms with Crippen LogP contribution in [0.3, 0.4) is 0 Å². The summed E-state index contributed by atoms with van der Waals surface area (Å²) < 4.78 is 37.7. The van der Waals surface area contributed by atoms with Gasteiger partial charge in [-0.3, -0.25) is 14.9 Å². The zero-order valence-corrected chi connectivity index (χ0v) is 10.5. The highest BCUT2D eigenvalue weighted by atomic mass is 19.4. The molecule has 1 aliphatic rings. The molecular formula is C12H12F3N3O2. The van der Waals surface area contributed by atoms with Crippen LogP contribution in [-0.4, -0.2) is 24.4 Å². The lowest BCUT2D eigenvalue weighted by molar-refractivity contribution is -0.137. The Bertz CT molecular complexity index is 572. The van der Waals surface area contributed by atoms with Crippen LogP contribution in [0.5, 0.6) is 0 Å². The van der Waals surface area contributed by atoms with Gasteiger partial charge in [-0.1, -0.05) is 0 Å². The summed E-state index contributed by atoms with van der Waals surface area (Å²) in [6.07, 6.45) is -4.49. The van der Waals surface area contributed by atoms with Gasteiger partial charge < -0.3 is 10.6 Å². The molecule has 1 aromatic carbocycles. The second-order valence-electron chi connectivity index (χ2n) is 4.49. The summed E-state index contributed by atoms with van der Waals surface area (Å²) in [5.41, 5.74) is 4.84. The zero-order valence-electron chi connectivity index (χ0n) is 10.5. The lowest BCUT2D eigenvalue weighted by atomic mass is 10.1. The summed E-state index contributed by atoms with van der Waals surface area (Å²) in [6.45, 7) is 1.40. The number of carbonyl (C=O) groups excluding carboxylic acids is 2. The Hall–Kier alpha value is -2.25. The Kier molecular flexibility index (Phi) is 3.33. The molecule has 3 N–H and O–H groups in total. The minimum Gasteiger partial charge on any atom is -0.397 e. The van der Waals surface area contributed by atoms with Gasteiger partial charge in [0, 0.05) is 0 Å². The van der Waals surface area contributed by atoms with E-state index >= 15 is 0 Å². The second-order valence-corrected chi connectivity index (χ2v) is 4.49. The molecule has 5 nitrogen and oxygen atoms in total. The summed E-state index contributed by atoms with van der Waals surface area (Å²) in [4.78, 5) is 24.2. The number of nitrogens with one attached hydrogen (secondary N) is 1. The molecule has 1 saturated heterocycles. The monoisotopic (exact) mass is 287 g/mol. The highest BCUT2D eigenvalue weighted by molar-refractivity contribution is 6.05. The Balaban J connectivity index is 2.38. The van der Waals surface area contributed by atoms with Crippen molar-refractivity contribution in [1.29, 1.82) is 0 Å². The number of hydrogen-bond donors (Lipinski definition) is 2. The molecule has 0 bridgehead atoms. The van der Waals surface area contributed by atoms with Crippen molar-refractivity contribution >= 4 is 23.2 Å². The third-order valence-corrected chi connectivity index (χ3v) is 3.09. The smallest absolute Gasteiger partial charge is 0.397 e. The van der Waals surface area contributed by atoms with Crippen LogP contribution in [0.4, 0.5) is 24.5 Å². The fraction of sp³-hybridized carbons (Fsp3) is 0.333. The van der Waals surface area contributed by atoms with E-state index in [4.69, 9.17) is 5.73 Å². The number of alkyl halides is 3. The van der Waals surface area contributed by atoms with Gasteiger partial charge in [-0.05, 0) is 25.1 Å². The summed E-state index contributed by atoms with van der Waals surface area (Å²) in [6, 6.07) is 2.14. The van der Waals surface area contributed by atoms with Gasteiger partial charge >= 0.3 is 6.18 Å². The fourth-order valence-corrected chi connectivity index (χ4v) is 2.00. The molecule has 20 heavy (non-hydrogen) atoms. The van der Waals surface area contributed by atoms with Gasteiger partial charge in [-0.2, -0.15) is 13.2 Å². The SMILES string of the molecule is CC1C(=O)NC(=O)CN1c1ccc(C(F)(F)F)cc1N. The average Bonchev–Trinajstić information content (AvgIpc) is 2.33. The molecule has 1 atom stereocenters. The van der Waals surface area contributed by atoms with E-state index in [1.54, 1.807) is 6.92 Å². The fourth-order valence-electron chi connectivity index (χ4n) is 2.00. The molecule has 0 spiro atoms. The number of benzene rings is 1. The van der Waals surface area contributed by atoms with Crippen LogP contribution in [-0.2, 0) is 15.8 Å². The minimum atomic E-state index is -4.49. The van der Waals surface area contributed by atoms with E-state index in [0.29, 0.717) is 0 Å². The summed E-state index contributed by atoms with van der Waals surface area (Å²) in [5.74, 6) is -1.03. The maximum atomic E-state index is 12.6. The number of carbonyl (C=O) groups is 2. The van der Waals surface area contributed by atoms with E-state index in [1.165, 1.54) is 11.0 Å². The molecule has 1 aliphatic heterocycles. The van der Waals surface area contributed by atoms with Crippen molar-refractivity contribution in [2.75, 3.05) is 17.2 Å². The second kappa shape index (κ2) is 4.69. The van der Waals surface area contributed by atoms with Crippen LogP contribution >= 0.6 is 0 Å². The number of anilines is 2. The molecule has 1 aromatic rings. The lowest BCUT2D eigenvalue weighted by Crippen LogP contribution is -2.57. The zero-order chi connectivity index (χ0) is 15.1. The van der Waals surface area contributed by atoms with E-state index in [-0.39, 0.29) is 17.9 Å². The highest BCUT2D eigenvalue weighted by Gasteiger charge is 2.34. The molecule has 8 heteroatoms. The normalized spacial score (nSPS) is 20.0. The molecule has 1 heterocycles. The largest absolute Gasteiger partial charge is 0.416 e. The van der Waals surface area contributed by atoms with Crippen LogP contribution in [0.2, 0.25) is 0 Å². The van der Waals surface area contributed by atoms with Gasteiger partial charge in [0.1, 0.15) is 6.04 Å². The molecule has 2 rings (SSSR count). The van der Waals surface area contributed by atoms with Crippen molar-refractivity contribution in [2.45, 2.75) is 19.1 Å². The average molecular weight is 287 g/mol. The lowest BCUT2D eigenvalue weighted by Gasteiger charge is -2.34. The van der Waals surface area contributed by atoms with Gasteiger partial charge in [0.15, 0.2) is 0 Å². The van der Waals surface area contributed by atoms with Crippen molar-refractivity contribution in [3.8, 4) is 0 Å². The number of piperazine rings is 1. The number of imide groups is 1. The number of nitrogen functional groups attached to an aromatic ring is 1. The first-order valence-electron chi connectivity index (χ1n) is 5.77. The summed E-state index contributed by atoms with van der Waals surface area (Å²) >= 11 is 0. The predicted octanol–water partition coefficient (Wildman–Crippen LogP) is 1.14. The molecular weight excluding hydrogens is 275 g/mol. The number of rotatable bonds is 1. The van der Waals surface area contributed by atoms with Crippen LogP contribution in [0, 0.1) is 0 Å². The van der Waals surface area contributed by atoms with Gasteiger partial charge in [0.05, 0.1) is 23.5 Å². The Labute approximate surface area is 112 Å². The quantitative estimate of drug-likeness (QED) is 0.600. The Morgan fingerprint density at radius 2 is 2.00 bits per heavy atom. The molecule has 0 aliphatic carbocycles. The van der Waals surface area contributed by atoms with Crippen molar-refractivity contribution < 1.29 is 22.8 Å². The minimum absolute atomic E-state index is 0.130. The van der Waals surface area contributed by atoms with Gasteiger partial charge in [0.2, 0.25) is 11.8 Å². The first kappa shape index (κ1) is 14.2. The van der Waals surface area contributed by atoms with Crippen molar-refractivity contribution in [1.82, 2.24) is 5.32 Å². The van der Waals surface area contributed by atoms with E-state index in [1.807, 2.05) is 0 Å². The molecule has 2 amide bonds. The topological polar surface area (TPSA) is 75.4 Å². The van der Waals surface area contributed by atoms with E-state index in [2.05, 4.69) is 5.32 Å². The van der Waals surface area contributed by atoms with Crippen molar-refractivity contribution in [3.63, 3.8) is 0 Å². The number of nitrogens with two attached hydrogens (primary N) is 1. The summed E-state index contributed by atoms with van der Waals surface area (Å²) in [7, 11) is 0. The van der Waals surface area contributed by atoms with Crippen LogP contribution in [0.1, 0.15) is 12.5 Å². The third-order valence-electron chi connectivity index (χ3n) is 3.09. The first-order valence-corrected chi connectivity index (χ1v) is 5.77. The maximum Gasteiger partial charge on any atom is 0.416 e. The van der Waals surface area contributed by atoms with Gasteiger partial charge in [-0.25, -0.2) is 0 Å². The van der Waals surface area contributed by atoms with Crippen LogP contribution in [0.15, 0.2) is 18.2 Å². The molecule has 1 unspecified atom stereocenters. The third kappa shape index (κ3) is 2.54. The molecule has 108 valence electrons. The van der Waals surface area contributed by atoms with E-state index in [0.717, 1.165) is 12.1 Å². The van der Waals surface area contributed by atoms with Gasteiger partial charge in [0.25, 0.3) is 0 Å². The van der Waals surface area contributed by atoms with Gasteiger partial charge in [-0.15, -0.1) is 0 Å². The molecule has 1 fully saturated rings. The molecule has 0 radical (unpaired) electrons. The maximum absolute atomic E-state index is 12.6. The number of hydrogen-bond acceptors (Lipinski definition) is 4. The number of halogens is 3. The van der Waals surface area contributed by atoms with Crippen molar-refractivity contribution in [2.24, 2.45) is 0 Å². The standard InChI is InChI=1S/C12H12F3N3O2/c1-6-11(20)17-10(19)5-18(6)9-3-2-7(4-8(9)16)12(13,14)15/h2-4,6H,5,16H2,1H3,(H,17,19,20). The predicted molar refractivity (Wildman–Crippen MR) is 65.8 cm³/mol. The molecule has 0 saturated carbocycles. The Morgan fingerprint density at radius 1 is 1.35 bits per heavy atom. The first-order chi connectivity index (χ1) is 9.20. The van der Waals surface area contributed by atoms with Crippen LogP contribution < -0.4 is 16.0 Å². The van der Waals surface area contributed by atoms with E-state index in [9.17, 15) is 22.8 Å². The summed E-state index contributed by atoms with van der Waals surface area (Å²) in [5, 5.41) is 2.14. The number of nitrogens with zero attached hydrogens (tertiary/aromatic N) is 1. The van der Waals surface area contributed by atoms with E-state index < -0.39 is 29.6 Å². The Morgan fingerprint density at radius 3 is 2.55 bits per heavy atom. The number of amides is 2. The highest BCUT2D eigenvalue weighted by Crippen LogP contribution is 2.34. The van der Waals surface area contributed by atoms with Crippen molar-refractivity contribution in [3.05, 3.63) is 23.8 Å². The van der Waals surface area contributed by atoms with Crippen LogP contribution in [0.25, 0.3) is 0 Å².